The highest BCUT2D eigenvalue weighted by Gasteiger charge is 2.21. The van der Waals surface area contributed by atoms with Crippen LogP contribution in [0.25, 0.3) is 0 Å². The third-order valence-corrected chi connectivity index (χ3v) is 4.74. The molecule has 0 aromatic heterocycles. The lowest BCUT2D eigenvalue weighted by atomic mass is 10.2. The first kappa shape index (κ1) is 16.1. The van der Waals surface area contributed by atoms with Gasteiger partial charge < -0.3 is 19.7 Å². The van der Waals surface area contributed by atoms with Gasteiger partial charge in [0.05, 0.1) is 30.5 Å². The van der Waals surface area contributed by atoms with Crippen molar-refractivity contribution in [3.8, 4) is 11.5 Å². The summed E-state index contributed by atoms with van der Waals surface area (Å²) >= 11 is 6.29. The second-order valence-corrected chi connectivity index (χ2v) is 6.58. The Morgan fingerprint density at radius 1 is 1.16 bits per heavy atom. The number of nitrogens with one attached hydrogen (secondary N) is 1. The summed E-state index contributed by atoms with van der Waals surface area (Å²) in [6, 6.07) is 11.6. The van der Waals surface area contributed by atoms with Crippen LogP contribution in [0.1, 0.15) is 12.0 Å². The Morgan fingerprint density at radius 2 is 1.92 bits per heavy atom. The van der Waals surface area contributed by atoms with Crippen LogP contribution in [0.4, 0.5) is 11.4 Å². The molecule has 0 saturated carbocycles. The molecule has 1 N–H and O–H groups in total. The Kier molecular flexibility index (Phi) is 4.40. The molecule has 0 aliphatic carbocycles. The Bertz CT molecular complexity index is 809. The molecule has 130 valence electrons. The molecule has 0 saturated heterocycles. The molecule has 4 rings (SSSR count). The Hall–Kier alpha value is -2.40. The third kappa shape index (κ3) is 3.37. The van der Waals surface area contributed by atoms with Crippen molar-refractivity contribution in [3.63, 3.8) is 0 Å². The molecule has 2 aliphatic rings. The van der Waals surface area contributed by atoms with Crippen molar-refractivity contribution in [1.29, 1.82) is 0 Å². The first-order valence-corrected chi connectivity index (χ1v) is 8.80. The van der Waals surface area contributed by atoms with Gasteiger partial charge in [-0.2, -0.15) is 0 Å². The molecule has 2 aromatic carbocycles. The van der Waals surface area contributed by atoms with Gasteiger partial charge in [0, 0.05) is 30.8 Å². The summed E-state index contributed by atoms with van der Waals surface area (Å²) in [4.78, 5) is 14.6. The molecule has 0 bridgehead atoms. The van der Waals surface area contributed by atoms with Gasteiger partial charge in [-0.25, -0.2) is 0 Å². The third-order valence-electron chi connectivity index (χ3n) is 4.43. The Labute approximate surface area is 151 Å². The Balaban J connectivity index is 1.47. The van der Waals surface area contributed by atoms with Crippen molar-refractivity contribution >= 4 is 28.9 Å². The summed E-state index contributed by atoms with van der Waals surface area (Å²) in [5.41, 5.74) is 2.95. The molecule has 0 fully saturated rings. The maximum atomic E-state index is 12.5. The average molecular weight is 359 g/mol. The number of para-hydroxylation sites is 1. The quantitative estimate of drug-likeness (QED) is 0.912. The molecule has 0 atom stereocenters. The second kappa shape index (κ2) is 6.84. The van der Waals surface area contributed by atoms with Crippen LogP contribution in [0.3, 0.4) is 0 Å². The summed E-state index contributed by atoms with van der Waals surface area (Å²) in [5, 5.41) is 3.33. The minimum absolute atomic E-state index is 0.104. The van der Waals surface area contributed by atoms with E-state index in [2.05, 4.69) is 22.3 Å². The second-order valence-electron chi connectivity index (χ2n) is 6.18. The fourth-order valence-electron chi connectivity index (χ4n) is 3.21. The summed E-state index contributed by atoms with van der Waals surface area (Å²) in [7, 11) is 0. The largest absolute Gasteiger partial charge is 0.490 e. The number of rotatable bonds is 3. The number of carbonyl (C=O) groups is 1. The zero-order chi connectivity index (χ0) is 17.2. The van der Waals surface area contributed by atoms with Crippen LogP contribution in [0.5, 0.6) is 11.5 Å². The lowest BCUT2D eigenvalue weighted by Gasteiger charge is -2.19. The number of nitrogens with zero attached hydrogens (tertiary/aromatic N) is 1. The maximum Gasteiger partial charge on any atom is 0.243 e. The summed E-state index contributed by atoms with van der Waals surface area (Å²) in [6.07, 6.45) is 1.79. The predicted octanol–water partition coefficient (Wildman–Crippen LogP) is 3.50. The standard InChI is InChI=1S/C19H19ClN2O3/c20-14-10-17-18(25-9-3-8-24-17)11-15(14)21-19(23)12-22-7-6-13-4-1-2-5-16(13)22/h1-2,4-5,10-11H,3,6-9,12H2,(H,21,23). The van der Waals surface area contributed by atoms with E-state index in [-0.39, 0.29) is 5.91 Å². The number of halogens is 1. The molecule has 6 heteroatoms. The van der Waals surface area contributed by atoms with Crippen molar-refractivity contribution in [2.75, 3.05) is 36.5 Å². The molecule has 0 spiro atoms. The van der Waals surface area contributed by atoms with E-state index < -0.39 is 0 Å². The number of fused-ring (bicyclic) bond motifs is 2. The molecule has 0 unspecified atom stereocenters. The number of ether oxygens (including phenoxy) is 2. The minimum Gasteiger partial charge on any atom is -0.490 e. The molecule has 25 heavy (non-hydrogen) atoms. The topological polar surface area (TPSA) is 50.8 Å². The number of hydrogen-bond donors (Lipinski definition) is 1. The number of amides is 1. The van der Waals surface area contributed by atoms with E-state index in [4.69, 9.17) is 21.1 Å². The van der Waals surface area contributed by atoms with Gasteiger partial charge in [-0.3, -0.25) is 4.79 Å². The van der Waals surface area contributed by atoms with E-state index in [1.807, 2.05) is 12.1 Å². The van der Waals surface area contributed by atoms with Crippen LogP contribution in [0, 0.1) is 0 Å². The van der Waals surface area contributed by atoms with Crippen molar-refractivity contribution in [3.05, 3.63) is 47.0 Å². The van der Waals surface area contributed by atoms with Crippen LogP contribution in [0.2, 0.25) is 5.02 Å². The zero-order valence-electron chi connectivity index (χ0n) is 13.8. The fraction of sp³-hybridized carbons (Fsp3) is 0.316. The lowest BCUT2D eigenvalue weighted by molar-refractivity contribution is -0.115. The van der Waals surface area contributed by atoms with Crippen LogP contribution < -0.4 is 19.7 Å². The lowest BCUT2D eigenvalue weighted by Crippen LogP contribution is -2.31. The van der Waals surface area contributed by atoms with Gasteiger partial charge in [0.1, 0.15) is 0 Å². The molecule has 2 aromatic rings. The van der Waals surface area contributed by atoms with E-state index in [1.54, 1.807) is 12.1 Å². The number of hydrogen-bond acceptors (Lipinski definition) is 4. The summed E-state index contributed by atoms with van der Waals surface area (Å²) in [6.45, 7) is 2.33. The van der Waals surface area contributed by atoms with Gasteiger partial charge >= 0.3 is 0 Å². The van der Waals surface area contributed by atoms with Crippen LogP contribution in [-0.4, -0.2) is 32.2 Å². The number of anilines is 2. The smallest absolute Gasteiger partial charge is 0.243 e. The highest BCUT2D eigenvalue weighted by Crippen LogP contribution is 2.37. The van der Waals surface area contributed by atoms with E-state index in [0.29, 0.717) is 42.0 Å². The van der Waals surface area contributed by atoms with Gasteiger partial charge in [0.25, 0.3) is 0 Å². The highest BCUT2D eigenvalue weighted by atomic mass is 35.5. The van der Waals surface area contributed by atoms with Gasteiger partial charge in [0.15, 0.2) is 11.5 Å². The first-order valence-electron chi connectivity index (χ1n) is 8.42. The normalized spacial score (nSPS) is 15.5. The highest BCUT2D eigenvalue weighted by molar-refractivity contribution is 6.34. The van der Waals surface area contributed by atoms with Crippen molar-refractivity contribution in [1.82, 2.24) is 0 Å². The van der Waals surface area contributed by atoms with Gasteiger partial charge in [-0.1, -0.05) is 29.8 Å². The van der Waals surface area contributed by atoms with Crippen LogP contribution >= 0.6 is 11.6 Å². The molecule has 2 heterocycles. The van der Waals surface area contributed by atoms with Crippen molar-refractivity contribution < 1.29 is 14.3 Å². The minimum atomic E-state index is -0.104. The van der Waals surface area contributed by atoms with Crippen molar-refractivity contribution in [2.24, 2.45) is 0 Å². The number of carbonyl (C=O) groups excluding carboxylic acids is 1. The molecule has 0 radical (unpaired) electrons. The number of benzene rings is 2. The SMILES string of the molecule is O=C(CN1CCc2ccccc21)Nc1cc2c(cc1Cl)OCCCO2. The molecule has 2 aliphatic heterocycles. The van der Waals surface area contributed by atoms with Crippen molar-refractivity contribution in [2.45, 2.75) is 12.8 Å². The van der Waals surface area contributed by atoms with Crippen LogP contribution in [0.15, 0.2) is 36.4 Å². The molecule has 1 amide bonds. The molecular formula is C19H19ClN2O3. The van der Waals surface area contributed by atoms with Crippen LogP contribution in [-0.2, 0) is 11.2 Å². The first-order chi connectivity index (χ1) is 12.2. The van der Waals surface area contributed by atoms with E-state index in [0.717, 1.165) is 25.1 Å². The molecule has 5 nitrogen and oxygen atoms in total. The summed E-state index contributed by atoms with van der Waals surface area (Å²) in [5.74, 6) is 1.13. The zero-order valence-corrected chi connectivity index (χ0v) is 14.5. The fourth-order valence-corrected chi connectivity index (χ4v) is 3.41. The molecular weight excluding hydrogens is 340 g/mol. The maximum absolute atomic E-state index is 12.5. The van der Waals surface area contributed by atoms with E-state index in [9.17, 15) is 4.79 Å². The van der Waals surface area contributed by atoms with Gasteiger partial charge in [0.2, 0.25) is 5.91 Å². The monoisotopic (exact) mass is 358 g/mol. The van der Waals surface area contributed by atoms with E-state index in [1.165, 1.54) is 5.56 Å². The van der Waals surface area contributed by atoms with E-state index >= 15 is 0 Å². The Morgan fingerprint density at radius 3 is 2.76 bits per heavy atom. The summed E-state index contributed by atoms with van der Waals surface area (Å²) < 4.78 is 11.3. The van der Waals surface area contributed by atoms with Gasteiger partial charge in [-0.15, -0.1) is 0 Å². The predicted molar refractivity (Wildman–Crippen MR) is 98.0 cm³/mol. The van der Waals surface area contributed by atoms with Gasteiger partial charge in [-0.05, 0) is 18.1 Å². The average Bonchev–Trinajstić information content (AvgIpc) is 2.86.